The van der Waals surface area contributed by atoms with Crippen molar-refractivity contribution in [2.24, 2.45) is 4.99 Å². The monoisotopic (exact) mass is 625 g/mol. The van der Waals surface area contributed by atoms with Crippen molar-refractivity contribution in [3.8, 4) is 23.0 Å². The van der Waals surface area contributed by atoms with E-state index in [9.17, 15) is 44.1 Å². The predicted molar refractivity (Wildman–Crippen MR) is 166 cm³/mol. The Morgan fingerprint density at radius 1 is 0.804 bits per heavy atom. The lowest BCUT2D eigenvalue weighted by Crippen LogP contribution is -2.31. The first kappa shape index (κ1) is 32.0. The molecule has 5 rings (SSSR count). The maximum atomic E-state index is 14.3. The van der Waals surface area contributed by atoms with Crippen LogP contribution in [-0.4, -0.2) is 63.5 Å². The van der Waals surface area contributed by atoms with Crippen LogP contribution in [0.4, 0.5) is 0 Å². The molecule has 0 radical (unpaired) electrons. The van der Waals surface area contributed by atoms with Crippen LogP contribution in [0.2, 0.25) is 0 Å². The van der Waals surface area contributed by atoms with E-state index < -0.39 is 80.5 Å². The zero-order chi connectivity index (χ0) is 33.9. The van der Waals surface area contributed by atoms with Gasteiger partial charge in [0.15, 0.2) is 52.4 Å². The quantitative estimate of drug-likeness (QED) is 0.166. The highest BCUT2D eigenvalue weighted by Gasteiger charge is 2.44. The van der Waals surface area contributed by atoms with Gasteiger partial charge in [0.1, 0.15) is 0 Å². The fourth-order valence-corrected chi connectivity index (χ4v) is 6.25. The number of carbonyl (C=O) groups is 6. The fraction of sp³-hybridized carbons (Fsp3) is 0.286. The van der Waals surface area contributed by atoms with Gasteiger partial charge in [-0.25, -0.2) is 4.79 Å². The van der Waals surface area contributed by atoms with Gasteiger partial charge in [0.25, 0.3) is 0 Å². The van der Waals surface area contributed by atoms with Gasteiger partial charge in [-0.05, 0) is 38.2 Å². The fourth-order valence-electron chi connectivity index (χ4n) is 6.25. The first-order valence-corrected chi connectivity index (χ1v) is 14.6. The number of aliphatic imine (C=N–C) groups is 1. The summed E-state index contributed by atoms with van der Waals surface area (Å²) in [4.78, 5) is 85.5. The molecule has 2 aliphatic carbocycles. The molecule has 2 aromatic rings. The Labute approximate surface area is 263 Å². The summed E-state index contributed by atoms with van der Waals surface area (Å²) in [5.41, 5.74) is -2.89. The lowest BCUT2D eigenvalue weighted by Gasteiger charge is -2.29. The molecule has 0 fully saturated rings. The van der Waals surface area contributed by atoms with Gasteiger partial charge in [-0.3, -0.25) is 29.0 Å². The summed E-state index contributed by atoms with van der Waals surface area (Å²) in [6.07, 6.45) is 3.58. The number of allylic oxidation sites excluding steroid dienone is 4. The Bertz CT molecular complexity index is 1970. The standard InChI is InChI=1S/C35H31NO10/c1-13(2)21-25-18(10-20(32(21)42)46-35(45)17-8-7-9-36-11-17)30(40)23(15(5)28(25)38)24-16(6)29(39)27-22(14(3)4)34(44)31(41)19(12-37)26(27)33(24)43/h8,10-14,41-42,44H,7,9H2,1-6H3. The minimum absolute atomic E-state index is 0.0430. The molecule has 11 nitrogen and oxygen atoms in total. The number of aromatic hydroxyl groups is 3. The van der Waals surface area contributed by atoms with Gasteiger partial charge in [-0.15, -0.1) is 0 Å². The summed E-state index contributed by atoms with van der Waals surface area (Å²) < 4.78 is 5.48. The average Bonchev–Trinajstić information content (AvgIpc) is 3.01. The van der Waals surface area contributed by atoms with E-state index in [1.165, 1.54) is 20.1 Å². The number of carbonyl (C=O) groups excluding carboxylic acids is 6. The van der Waals surface area contributed by atoms with Crippen LogP contribution in [0.3, 0.4) is 0 Å². The molecule has 0 bridgehead atoms. The molecule has 0 saturated carbocycles. The SMILES string of the molecule is CC1=C(C2=C(C)C(=O)c3c(c(C=O)c(O)c(O)c3C(C)C)C2=O)C(=O)c2cc(OC(=O)C3=CCCN=C3)c(O)c(C(C)C)c2C1=O. The number of phenols is 3. The molecule has 46 heavy (non-hydrogen) atoms. The number of Topliss-reactive ketones (excluding diaryl/α,β-unsaturated/α-hetero) is 4. The Balaban J connectivity index is 1.74. The summed E-state index contributed by atoms with van der Waals surface area (Å²) in [6, 6.07) is 1.05. The van der Waals surface area contributed by atoms with Crippen molar-refractivity contribution in [1.82, 2.24) is 0 Å². The number of phenolic OH excluding ortho intramolecular Hbond substituents is 3. The van der Waals surface area contributed by atoms with Crippen LogP contribution in [-0.2, 0) is 4.79 Å². The van der Waals surface area contributed by atoms with E-state index in [1.54, 1.807) is 33.8 Å². The van der Waals surface area contributed by atoms with Crippen molar-refractivity contribution in [3.63, 3.8) is 0 Å². The molecule has 0 unspecified atom stereocenters. The highest BCUT2D eigenvalue weighted by atomic mass is 16.5. The number of ether oxygens (including phenoxy) is 1. The first-order chi connectivity index (χ1) is 21.6. The van der Waals surface area contributed by atoms with E-state index in [1.807, 2.05) is 0 Å². The van der Waals surface area contributed by atoms with Gasteiger partial charge in [-0.2, -0.15) is 0 Å². The largest absolute Gasteiger partial charge is 0.504 e. The summed E-state index contributed by atoms with van der Waals surface area (Å²) >= 11 is 0. The molecule has 0 saturated heterocycles. The van der Waals surface area contributed by atoms with Crippen molar-refractivity contribution in [3.05, 3.63) is 79.0 Å². The van der Waals surface area contributed by atoms with E-state index in [0.717, 1.165) is 6.07 Å². The normalized spacial score (nSPS) is 16.3. The number of ketones is 4. The summed E-state index contributed by atoms with van der Waals surface area (Å²) in [7, 11) is 0. The lowest BCUT2D eigenvalue weighted by molar-refractivity contribution is -0.129. The Hall–Kier alpha value is -5.45. The Kier molecular flexibility index (Phi) is 7.98. The van der Waals surface area contributed by atoms with Crippen molar-refractivity contribution in [1.29, 1.82) is 0 Å². The Morgan fingerprint density at radius 2 is 1.37 bits per heavy atom. The summed E-state index contributed by atoms with van der Waals surface area (Å²) in [5.74, 6) is -7.73. The molecule has 236 valence electrons. The van der Waals surface area contributed by atoms with Crippen LogP contribution in [0.1, 0.15) is 123 Å². The number of benzene rings is 2. The molecule has 1 heterocycles. The maximum Gasteiger partial charge on any atom is 0.344 e. The molecule has 0 atom stereocenters. The summed E-state index contributed by atoms with van der Waals surface area (Å²) in [5, 5.41) is 32.5. The number of nitrogens with zero attached hydrogens (tertiary/aromatic N) is 1. The highest BCUT2D eigenvalue weighted by Crippen LogP contribution is 2.48. The third-order valence-electron chi connectivity index (χ3n) is 8.45. The number of fused-ring (bicyclic) bond motifs is 2. The zero-order valence-corrected chi connectivity index (χ0v) is 26.0. The topological polar surface area (TPSA) is 185 Å². The molecule has 0 amide bonds. The third kappa shape index (κ3) is 4.61. The van der Waals surface area contributed by atoms with Gasteiger partial charge < -0.3 is 20.1 Å². The van der Waals surface area contributed by atoms with Crippen LogP contribution in [0.5, 0.6) is 23.0 Å². The van der Waals surface area contributed by atoms with Gasteiger partial charge in [0.2, 0.25) is 0 Å². The molecule has 2 aromatic carbocycles. The van der Waals surface area contributed by atoms with Gasteiger partial charge in [-0.1, -0.05) is 33.8 Å². The molecule has 11 heteroatoms. The molecule has 3 N–H and O–H groups in total. The third-order valence-corrected chi connectivity index (χ3v) is 8.45. The van der Waals surface area contributed by atoms with Crippen molar-refractivity contribution < 1.29 is 48.8 Å². The van der Waals surface area contributed by atoms with Gasteiger partial charge in [0, 0.05) is 68.4 Å². The minimum Gasteiger partial charge on any atom is -0.504 e. The number of esters is 1. The predicted octanol–water partition coefficient (Wildman–Crippen LogP) is 5.26. The minimum atomic E-state index is -0.969. The molecular weight excluding hydrogens is 594 g/mol. The molecule has 3 aliphatic rings. The van der Waals surface area contributed by atoms with Crippen molar-refractivity contribution in [2.75, 3.05) is 6.54 Å². The number of hydrogen-bond acceptors (Lipinski definition) is 11. The van der Waals surface area contributed by atoms with Crippen LogP contribution in [0, 0.1) is 0 Å². The smallest absolute Gasteiger partial charge is 0.344 e. The first-order valence-electron chi connectivity index (χ1n) is 14.6. The number of rotatable bonds is 6. The average molecular weight is 626 g/mol. The molecular formula is C35H31NO10. The van der Waals surface area contributed by atoms with Gasteiger partial charge >= 0.3 is 5.97 Å². The van der Waals surface area contributed by atoms with E-state index >= 15 is 0 Å². The second-order valence-corrected chi connectivity index (χ2v) is 12.0. The van der Waals surface area contributed by atoms with Crippen LogP contribution in [0.15, 0.2) is 45.0 Å². The molecule has 0 spiro atoms. The van der Waals surface area contributed by atoms with E-state index in [0.29, 0.717) is 13.0 Å². The van der Waals surface area contributed by atoms with Crippen molar-refractivity contribution >= 4 is 41.6 Å². The van der Waals surface area contributed by atoms with Crippen LogP contribution >= 0.6 is 0 Å². The Morgan fingerprint density at radius 3 is 1.91 bits per heavy atom. The lowest BCUT2D eigenvalue weighted by atomic mass is 9.71. The number of hydrogen-bond donors (Lipinski definition) is 3. The number of dihydropyridines is 1. The summed E-state index contributed by atoms with van der Waals surface area (Å²) in [6.45, 7) is 9.69. The zero-order valence-electron chi connectivity index (χ0n) is 26.0. The maximum absolute atomic E-state index is 14.3. The van der Waals surface area contributed by atoms with Crippen LogP contribution < -0.4 is 4.74 Å². The van der Waals surface area contributed by atoms with Crippen LogP contribution in [0.25, 0.3) is 0 Å². The van der Waals surface area contributed by atoms with Gasteiger partial charge in [0.05, 0.1) is 11.1 Å². The van der Waals surface area contributed by atoms with E-state index in [-0.39, 0.29) is 56.6 Å². The van der Waals surface area contributed by atoms with E-state index in [2.05, 4.69) is 4.99 Å². The molecule has 1 aliphatic heterocycles. The number of aldehydes is 1. The van der Waals surface area contributed by atoms with Crippen molar-refractivity contribution in [2.45, 2.75) is 59.8 Å². The molecule has 0 aromatic heterocycles. The highest BCUT2D eigenvalue weighted by molar-refractivity contribution is 6.38. The second kappa shape index (κ2) is 11.5. The van der Waals surface area contributed by atoms with E-state index in [4.69, 9.17) is 4.74 Å². The second-order valence-electron chi connectivity index (χ2n) is 12.0.